The molecule has 250 valence electrons. The second kappa shape index (κ2) is 10.3. The van der Waals surface area contributed by atoms with Gasteiger partial charge in [-0.15, -0.1) is 11.3 Å². The molecule has 0 amide bonds. The van der Waals surface area contributed by atoms with Crippen molar-refractivity contribution in [2.24, 2.45) is 0 Å². The van der Waals surface area contributed by atoms with E-state index < -0.39 is 0 Å². The van der Waals surface area contributed by atoms with Crippen LogP contribution in [-0.4, -0.2) is 11.3 Å². The number of para-hydroxylation sites is 2. The Morgan fingerprint density at radius 1 is 0.574 bits per heavy atom. The maximum atomic E-state index is 6.68. The average Bonchev–Trinajstić information content (AvgIpc) is 3.89. The summed E-state index contributed by atoms with van der Waals surface area (Å²) in [7, 11) is 0. The Labute approximate surface area is 315 Å². The van der Waals surface area contributed by atoms with E-state index in [2.05, 4.69) is 174 Å². The van der Waals surface area contributed by atoms with Gasteiger partial charge >= 0.3 is 6.85 Å². The third kappa shape index (κ3) is 3.58. The Bertz CT molecular complexity index is 3430. The van der Waals surface area contributed by atoms with Gasteiger partial charge in [-0.1, -0.05) is 127 Å². The summed E-state index contributed by atoms with van der Waals surface area (Å²) in [6, 6.07) is 58.3. The summed E-state index contributed by atoms with van der Waals surface area (Å²) in [6.07, 6.45) is 0. The van der Waals surface area contributed by atoms with Crippen LogP contribution in [0.5, 0.6) is 0 Å². The van der Waals surface area contributed by atoms with Crippen LogP contribution in [-0.2, 0) is 0 Å². The van der Waals surface area contributed by atoms with Gasteiger partial charge in [0, 0.05) is 48.6 Å². The summed E-state index contributed by atoms with van der Waals surface area (Å²) in [5.41, 5.74) is 15.6. The van der Waals surface area contributed by atoms with Gasteiger partial charge in [0.15, 0.2) is 0 Å². The van der Waals surface area contributed by atoms with Crippen molar-refractivity contribution in [3.05, 3.63) is 163 Å². The lowest BCUT2D eigenvalue weighted by Crippen LogP contribution is -2.56. The number of benzene rings is 8. The van der Waals surface area contributed by atoms with Crippen molar-refractivity contribution >= 4 is 110 Å². The predicted molar refractivity (Wildman–Crippen MR) is 230 cm³/mol. The number of thiophene rings is 1. The second-order valence-electron chi connectivity index (χ2n) is 14.9. The van der Waals surface area contributed by atoms with Crippen LogP contribution in [0.4, 0.5) is 17.1 Å². The first-order valence-electron chi connectivity index (χ1n) is 18.6. The molecule has 8 aromatic carbocycles. The third-order valence-corrected chi connectivity index (χ3v) is 13.2. The highest BCUT2D eigenvalue weighted by Crippen LogP contribution is 2.53. The van der Waals surface area contributed by atoms with Gasteiger partial charge in [-0.05, 0) is 76.1 Å². The van der Waals surface area contributed by atoms with Crippen molar-refractivity contribution < 1.29 is 4.42 Å². The Morgan fingerprint density at radius 2 is 1.35 bits per heavy atom. The van der Waals surface area contributed by atoms with Gasteiger partial charge in [-0.25, -0.2) is 0 Å². The van der Waals surface area contributed by atoms with Crippen molar-refractivity contribution in [1.82, 2.24) is 4.48 Å². The Morgan fingerprint density at radius 3 is 2.26 bits per heavy atom. The average molecular weight is 705 g/mol. The molecule has 0 N–H and O–H groups in total. The molecule has 0 fully saturated rings. The number of nitrogens with zero attached hydrogens (tertiary/aromatic N) is 2. The Balaban J connectivity index is 1.28. The van der Waals surface area contributed by atoms with Crippen LogP contribution in [0.1, 0.15) is 5.56 Å². The molecule has 13 rings (SSSR count). The summed E-state index contributed by atoms with van der Waals surface area (Å²) >= 11 is 1.92. The van der Waals surface area contributed by atoms with Gasteiger partial charge in [-0.3, -0.25) is 0 Å². The molecule has 0 bridgehead atoms. The first kappa shape index (κ1) is 29.0. The summed E-state index contributed by atoms with van der Waals surface area (Å²) in [5, 5.41) is 8.82. The molecular weight excluding hydrogens is 675 g/mol. The molecule has 0 unspecified atom stereocenters. The van der Waals surface area contributed by atoms with Crippen LogP contribution >= 0.6 is 11.3 Å². The van der Waals surface area contributed by atoms with E-state index in [1.165, 1.54) is 92.1 Å². The van der Waals surface area contributed by atoms with E-state index in [0.29, 0.717) is 0 Å². The Kier molecular flexibility index (Phi) is 5.53. The molecule has 0 spiro atoms. The fraction of sp³-hybridized carbons (Fsp3) is 0.0204. The van der Waals surface area contributed by atoms with Crippen LogP contribution in [0.15, 0.2) is 162 Å². The predicted octanol–water partition coefficient (Wildman–Crippen LogP) is 12.5. The van der Waals surface area contributed by atoms with E-state index in [1.54, 1.807) is 0 Å². The highest BCUT2D eigenvalue weighted by molar-refractivity contribution is 7.26. The molecule has 0 radical (unpaired) electrons. The molecule has 3 nitrogen and oxygen atoms in total. The molecule has 0 saturated heterocycles. The van der Waals surface area contributed by atoms with E-state index in [-0.39, 0.29) is 6.85 Å². The monoisotopic (exact) mass is 704 g/mol. The Hall–Kier alpha value is -6.56. The van der Waals surface area contributed by atoms with Gasteiger partial charge in [0.25, 0.3) is 0 Å². The largest absolute Gasteiger partial charge is 0.456 e. The first-order valence-corrected chi connectivity index (χ1v) is 19.4. The number of fused-ring (bicyclic) bond motifs is 15. The van der Waals surface area contributed by atoms with E-state index in [1.807, 2.05) is 11.3 Å². The van der Waals surface area contributed by atoms with Crippen LogP contribution < -0.4 is 15.8 Å². The molecule has 0 atom stereocenters. The lowest BCUT2D eigenvalue weighted by Gasteiger charge is -2.41. The van der Waals surface area contributed by atoms with Crippen molar-refractivity contribution in [2.75, 3.05) is 4.90 Å². The molecule has 54 heavy (non-hydrogen) atoms. The number of aromatic nitrogens is 1. The van der Waals surface area contributed by atoms with Gasteiger partial charge in [0.2, 0.25) is 0 Å². The van der Waals surface area contributed by atoms with Gasteiger partial charge in [-0.2, -0.15) is 0 Å². The summed E-state index contributed by atoms with van der Waals surface area (Å²) in [6.45, 7) is 2.14. The molecule has 3 aromatic heterocycles. The quantitative estimate of drug-likeness (QED) is 0.167. The molecule has 0 saturated carbocycles. The highest BCUT2D eigenvalue weighted by atomic mass is 32.1. The fourth-order valence-electron chi connectivity index (χ4n) is 9.88. The zero-order valence-corrected chi connectivity index (χ0v) is 30.1. The number of furan rings is 1. The second-order valence-corrected chi connectivity index (χ2v) is 15.9. The van der Waals surface area contributed by atoms with E-state index in [9.17, 15) is 0 Å². The standard InChI is InChI=1S/C49H29BN2OS/c1-28-22-24-38(36(26-28)29-12-3-2-4-13-29)51-39-27-30-14-5-6-15-31(30)43-34-18-11-19-35-44-33-17-8-10-21-42(33)54-49(44)52(47(34)35)50(46(39)43)37-23-25-41-45(48(37)51)32-16-7-9-20-40(32)53-41/h2-27H,1H3. The smallest absolute Gasteiger partial charge is 0.333 e. The maximum absolute atomic E-state index is 6.68. The zero-order valence-electron chi connectivity index (χ0n) is 29.3. The number of hydrogen-bond donors (Lipinski definition) is 0. The van der Waals surface area contributed by atoms with E-state index in [0.717, 1.165) is 27.6 Å². The summed E-state index contributed by atoms with van der Waals surface area (Å²) in [4.78, 5) is 3.91. The lowest BCUT2D eigenvalue weighted by molar-refractivity contribution is 0.669. The van der Waals surface area contributed by atoms with Gasteiger partial charge in [0.05, 0.1) is 21.6 Å². The molecule has 2 aliphatic rings. The number of aryl methyl sites for hydroxylation is 1. The molecule has 0 aliphatic carbocycles. The van der Waals surface area contributed by atoms with Crippen molar-refractivity contribution in [3.63, 3.8) is 0 Å². The zero-order chi connectivity index (χ0) is 35.2. The minimum atomic E-state index is -0.0579. The maximum Gasteiger partial charge on any atom is 0.333 e. The van der Waals surface area contributed by atoms with Crippen molar-refractivity contribution in [3.8, 4) is 22.3 Å². The van der Waals surface area contributed by atoms with Gasteiger partial charge < -0.3 is 13.8 Å². The molecule has 2 aliphatic heterocycles. The van der Waals surface area contributed by atoms with Crippen molar-refractivity contribution in [2.45, 2.75) is 6.92 Å². The van der Waals surface area contributed by atoms with E-state index in [4.69, 9.17) is 4.42 Å². The fourth-order valence-corrected chi connectivity index (χ4v) is 11.1. The van der Waals surface area contributed by atoms with E-state index >= 15 is 0 Å². The number of rotatable bonds is 2. The lowest BCUT2D eigenvalue weighted by atomic mass is 9.44. The van der Waals surface area contributed by atoms with Crippen LogP contribution in [0, 0.1) is 6.92 Å². The molecule has 5 heterocycles. The number of anilines is 3. The minimum absolute atomic E-state index is 0.0579. The normalized spacial score (nSPS) is 13.2. The van der Waals surface area contributed by atoms with Gasteiger partial charge in [0.1, 0.15) is 11.2 Å². The summed E-state index contributed by atoms with van der Waals surface area (Å²) in [5.74, 6) is 0. The first-order chi connectivity index (χ1) is 26.7. The third-order valence-electron chi connectivity index (χ3n) is 12.0. The van der Waals surface area contributed by atoms with Crippen LogP contribution in [0.2, 0.25) is 0 Å². The SMILES string of the molecule is Cc1ccc(N2c3cc4ccccc4c4c3B(c3ccc5oc6ccccc6c5c32)n2c3sc5ccccc5c3c3cccc-4c32)c(-c2ccccc2)c1. The van der Waals surface area contributed by atoms with Crippen LogP contribution in [0.3, 0.4) is 0 Å². The minimum Gasteiger partial charge on any atom is -0.456 e. The van der Waals surface area contributed by atoms with Crippen molar-refractivity contribution in [1.29, 1.82) is 0 Å². The number of hydrogen-bond acceptors (Lipinski definition) is 3. The molecular formula is C49H29BN2OS. The molecule has 11 aromatic rings. The topological polar surface area (TPSA) is 21.3 Å². The molecule has 5 heteroatoms. The van der Waals surface area contributed by atoms with Crippen LogP contribution in [0.25, 0.3) is 86.2 Å². The highest BCUT2D eigenvalue weighted by Gasteiger charge is 2.45. The summed E-state index contributed by atoms with van der Waals surface area (Å²) < 4.78 is 10.7.